The molecular formula is C19H32N2O6. The van der Waals surface area contributed by atoms with Gasteiger partial charge in [0.15, 0.2) is 0 Å². The molecule has 0 aromatic carbocycles. The minimum atomic E-state index is -0.961. The van der Waals surface area contributed by atoms with Gasteiger partial charge in [-0.25, -0.2) is 0 Å². The molecular weight excluding hydrogens is 352 g/mol. The van der Waals surface area contributed by atoms with Crippen molar-refractivity contribution < 1.29 is 24.7 Å². The Morgan fingerprint density at radius 1 is 1.33 bits per heavy atom. The highest BCUT2D eigenvalue weighted by Gasteiger charge is 2.15. The van der Waals surface area contributed by atoms with Crippen LogP contribution >= 0.6 is 0 Å². The summed E-state index contributed by atoms with van der Waals surface area (Å²) in [5.74, 6) is 0.0990. The standard InChI is InChI=1S/C19H32N2O6/c1-5-7-16(10-11-22)18(21(25)26)9-6-8-17(23)12-20-19(24)13-27-15(4)14(2)3/h5-6,9,14-15,19-20,22,24H,1,7-8,10-13H2,2-4H3/b9-6-,18-16-/t15?,19-/m0/s1. The minimum absolute atomic E-state index is 0.00361. The quantitative estimate of drug-likeness (QED) is 0.130. The van der Waals surface area contributed by atoms with Gasteiger partial charge >= 0.3 is 0 Å². The van der Waals surface area contributed by atoms with E-state index in [4.69, 9.17) is 9.84 Å². The maximum atomic E-state index is 11.9. The van der Waals surface area contributed by atoms with Gasteiger partial charge in [-0.3, -0.25) is 20.2 Å². The summed E-state index contributed by atoms with van der Waals surface area (Å²) in [7, 11) is 0. The molecule has 0 amide bonds. The Kier molecular flexibility index (Phi) is 13.2. The number of allylic oxidation sites excluding steroid dienone is 3. The van der Waals surface area contributed by atoms with E-state index in [1.807, 2.05) is 20.8 Å². The van der Waals surface area contributed by atoms with Crippen LogP contribution in [0.25, 0.3) is 0 Å². The number of ether oxygens (including phenoxy) is 1. The van der Waals surface area contributed by atoms with Crippen LogP contribution in [0.15, 0.2) is 36.1 Å². The van der Waals surface area contributed by atoms with Crippen LogP contribution in [0.3, 0.4) is 0 Å². The zero-order valence-corrected chi connectivity index (χ0v) is 16.4. The summed E-state index contributed by atoms with van der Waals surface area (Å²) in [6, 6.07) is 0. The minimum Gasteiger partial charge on any atom is -0.396 e. The monoisotopic (exact) mass is 384 g/mol. The lowest BCUT2D eigenvalue weighted by Gasteiger charge is -2.19. The van der Waals surface area contributed by atoms with Crippen molar-refractivity contribution in [2.75, 3.05) is 19.8 Å². The summed E-state index contributed by atoms with van der Waals surface area (Å²) in [6.45, 7) is 9.28. The molecule has 0 aromatic heterocycles. The van der Waals surface area contributed by atoms with Gasteiger partial charge in [0, 0.05) is 24.7 Å². The van der Waals surface area contributed by atoms with E-state index < -0.39 is 11.2 Å². The summed E-state index contributed by atoms with van der Waals surface area (Å²) in [4.78, 5) is 22.5. The molecule has 0 fully saturated rings. The van der Waals surface area contributed by atoms with Gasteiger partial charge in [0.1, 0.15) is 12.0 Å². The smallest absolute Gasteiger partial charge is 0.268 e. The van der Waals surface area contributed by atoms with E-state index >= 15 is 0 Å². The highest BCUT2D eigenvalue weighted by molar-refractivity contribution is 5.81. The molecule has 0 rings (SSSR count). The summed E-state index contributed by atoms with van der Waals surface area (Å²) in [5, 5.41) is 32.6. The summed E-state index contributed by atoms with van der Waals surface area (Å²) < 4.78 is 5.46. The van der Waals surface area contributed by atoms with E-state index in [1.54, 1.807) is 0 Å². The van der Waals surface area contributed by atoms with Gasteiger partial charge in [-0.1, -0.05) is 26.0 Å². The normalized spacial score (nSPS) is 14.9. The molecule has 0 radical (unpaired) electrons. The molecule has 0 saturated heterocycles. The average Bonchev–Trinajstić information content (AvgIpc) is 2.61. The molecule has 0 spiro atoms. The molecule has 154 valence electrons. The first-order chi connectivity index (χ1) is 12.7. The van der Waals surface area contributed by atoms with Crippen LogP contribution < -0.4 is 5.32 Å². The van der Waals surface area contributed by atoms with Crippen LogP contribution in [0.2, 0.25) is 0 Å². The molecule has 0 heterocycles. The Labute approximate surface area is 160 Å². The maximum absolute atomic E-state index is 11.9. The van der Waals surface area contributed by atoms with Gasteiger partial charge in [-0.2, -0.15) is 0 Å². The van der Waals surface area contributed by atoms with E-state index in [2.05, 4.69) is 11.9 Å². The van der Waals surface area contributed by atoms with E-state index in [-0.39, 0.29) is 56.6 Å². The molecule has 27 heavy (non-hydrogen) atoms. The third-order valence-electron chi connectivity index (χ3n) is 3.98. The van der Waals surface area contributed by atoms with Gasteiger partial charge < -0.3 is 14.9 Å². The van der Waals surface area contributed by atoms with E-state index in [0.29, 0.717) is 11.5 Å². The Balaban J connectivity index is 4.54. The highest BCUT2D eigenvalue weighted by Crippen LogP contribution is 2.16. The zero-order chi connectivity index (χ0) is 20.8. The first kappa shape index (κ1) is 25.1. The zero-order valence-electron chi connectivity index (χ0n) is 16.4. The highest BCUT2D eigenvalue weighted by atomic mass is 16.6. The number of ketones is 1. The number of carbonyl (C=O) groups is 1. The number of carbonyl (C=O) groups excluding carboxylic acids is 1. The lowest BCUT2D eigenvalue weighted by molar-refractivity contribution is -0.420. The number of nitrogens with one attached hydrogen (secondary N) is 1. The largest absolute Gasteiger partial charge is 0.396 e. The first-order valence-electron chi connectivity index (χ1n) is 9.02. The number of nitrogens with zero attached hydrogens (tertiary/aromatic N) is 1. The second kappa shape index (κ2) is 14.2. The number of rotatable bonds is 15. The molecule has 0 aliphatic carbocycles. The van der Waals surface area contributed by atoms with Crippen molar-refractivity contribution in [3.8, 4) is 0 Å². The van der Waals surface area contributed by atoms with Crippen LogP contribution in [0.5, 0.6) is 0 Å². The van der Waals surface area contributed by atoms with Crippen molar-refractivity contribution in [2.24, 2.45) is 5.92 Å². The van der Waals surface area contributed by atoms with Crippen LogP contribution in [-0.4, -0.2) is 53.0 Å². The van der Waals surface area contributed by atoms with Crippen molar-refractivity contribution in [1.29, 1.82) is 0 Å². The van der Waals surface area contributed by atoms with E-state index in [9.17, 15) is 20.0 Å². The fraction of sp³-hybridized carbons (Fsp3) is 0.632. The molecule has 1 unspecified atom stereocenters. The third kappa shape index (κ3) is 11.4. The van der Waals surface area contributed by atoms with Crippen molar-refractivity contribution in [3.05, 3.63) is 46.2 Å². The fourth-order valence-electron chi connectivity index (χ4n) is 2.05. The maximum Gasteiger partial charge on any atom is 0.268 e. The van der Waals surface area contributed by atoms with Gasteiger partial charge in [-0.15, -0.1) is 6.58 Å². The topological polar surface area (TPSA) is 122 Å². The van der Waals surface area contributed by atoms with Crippen molar-refractivity contribution in [2.45, 2.75) is 52.4 Å². The number of hydrogen-bond donors (Lipinski definition) is 3. The predicted octanol–water partition coefficient (Wildman–Crippen LogP) is 1.96. The number of hydrogen-bond acceptors (Lipinski definition) is 7. The SMILES string of the molecule is C=CC/C(CCO)=C(\C=C/CC(=O)CN[C@@H](O)COC(C)C(C)C)[N+](=O)[O-]. The summed E-state index contributed by atoms with van der Waals surface area (Å²) >= 11 is 0. The van der Waals surface area contributed by atoms with E-state index in [0.717, 1.165) is 0 Å². The molecule has 8 heteroatoms. The molecule has 3 N–H and O–H groups in total. The van der Waals surface area contributed by atoms with Crippen LogP contribution in [0.4, 0.5) is 0 Å². The van der Waals surface area contributed by atoms with Gasteiger partial charge in [0.25, 0.3) is 5.70 Å². The lowest BCUT2D eigenvalue weighted by atomic mass is 10.1. The Morgan fingerprint density at radius 3 is 2.52 bits per heavy atom. The van der Waals surface area contributed by atoms with Crippen LogP contribution in [-0.2, 0) is 9.53 Å². The number of aliphatic hydroxyl groups excluding tert-OH is 2. The van der Waals surface area contributed by atoms with Crippen molar-refractivity contribution in [1.82, 2.24) is 5.32 Å². The van der Waals surface area contributed by atoms with Crippen molar-refractivity contribution >= 4 is 5.78 Å². The molecule has 0 aliphatic heterocycles. The van der Waals surface area contributed by atoms with Gasteiger partial charge in [0.05, 0.1) is 24.2 Å². The Hall–Kier alpha value is -1.87. The lowest BCUT2D eigenvalue weighted by Crippen LogP contribution is -2.38. The molecule has 0 saturated carbocycles. The number of Topliss-reactive ketones (excluding diaryl/α,β-unsaturated/α-hetero) is 1. The first-order valence-corrected chi connectivity index (χ1v) is 9.02. The van der Waals surface area contributed by atoms with Crippen LogP contribution in [0, 0.1) is 16.0 Å². The molecule has 0 aliphatic rings. The van der Waals surface area contributed by atoms with E-state index in [1.165, 1.54) is 18.2 Å². The second-order valence-electron chi connectivity index (χ2n) is 6.54. The van der Waals surface area contributed by atoms with Crippen molar-refractivity contribution in [3.63, 3.8) is 0 Å². The van der Waals surface area contributed by atoms with Gasteiger partial charge in [-0.05, 0) is 25.7 Å². The second-order valence-corrected chi connectivity index (χ2v) is 6.54. The average molecular weight is 384 g/mol. The third-order valence-corrected chi connectivity index (χ3v) is 3.98. The molecule has 2 atom stereocenters. The van der Waals surface area contributed by atoms with Gasteiger partial charge in [0.2, 0.25) is 0 Å². The summed E-state index contributed by atoms with van der Waals surface area (Å²) in [5.41, 5.74) is 0.312. The summed E-state index contributed by atoms with van der Waals surface area (Å²) in [6.07, 6.45) is 3.69. The number of nitro groups is 1. The predicted molar refractivity (Wildman–Crippen MR) is 104 cm³/mol. The molecule has 0 aromatic rings. The molecule has 0 bridgehead atoms. The Morgan fingerprint density at radius 2 is 2.00 bits per heavy atom. The van der Waals surface area contributed by atoms with Crippen LogP contribution in [0.1, 0.15) is 40.0 Å². The Bertz CT molecular complexity index is 542. The fourth-order valence-corrected chi connectivity index (χ4v) is 2.05. The number of aliphatic hydroxyl groups is 2. The molecule has 8 nitrogen and oxygen atoms in total.